The van der Waals surface area contributed by atoms with E-state index in [2.05, 4.69) is 29.8 Å². The van der Waals surface area contributed by atoms with Gasteiger partial charge in [-0.2, -0.15) is 0 Å². The zero-order chi connectivity index (χ0) is 21.5. The average molecular weight is 477 g/mol. The van der Waals surface area contributed by atoms with Crippen molar-refractivity contribution in [2.75, 3.05) is 5.33 Å². The molecule has 4 aliphatic carbocycles. The minimum atomic E-state index is -0.0599. The van der Waals surface area contributed by atoms with E-state index in [-0.39, 0.29) is 34.2 Å². The highest BCUT2D eigenvalue weighted by Crippen LogP contribution is 2.64. The van der Waals surface area contributed by atoms with Crippen LogP contribution in [-0.4, -0.2) is 21.3 Å². The molecule has 166 valence electrons. The van der Waals surface area contributed by atoms with E-state index in [1.807, 2.05) is 12.1 Å². The van der Waals surface area contributed by atoms with Crippen LogP contribution in [0.2, 0.25) is 0 Å². The maximum atomic E-state index is 12.6. The lowest BCUT2D eigenvalue weighted by Crippen LogP contribution is -2.56. The van der Waals surface area contributed by atoms with Crippen molar-refractivity contribution in [3.05, 3.63) is 23.3 Å². The van der Waals surface area contributed by atoms with Crippen LogP contribution in [0.4, 0.5) is 0 Å². The summed E-state index contributed by atoms with van der Waals surface area (Å²) in [5, 5.41) is 23.2. The molecule has 0 spiro atoms. The maximum Gasteiger partial charge on any atom is 0.137 e. The predicted octanol–water partition coefficient (Wildman–Crippen LogP) is 6.97. The van der Waals surface area contributed by atoms with Gasteiger partial charge in [0.15, 0.2) is 0 Å². The molecule has 0 aromatic heterocycles. The number of phenols is 2. The largest absolute Gasteiger partial charge is 0.508 e. The van der Waals surface area contributed by atoms with Gasteiger partial charge in [-0.1, -0.05) is 61.9 Å². The van der Waals surface area contributed by atoms with E-state index < -0.39 is 0 Å². The zero-order valence-corrected chi connectivity index (χ0v) is 20.1. The Balaban J connectivity index is 1.58. The number of rotatable bonds is 8. The minimum Gasteiger partial charge on any atom is -0.508 e. The molecule has 3 atom stereocenters. The minimum absolute atomic E-state index is 0.0284. The number of ketones is 1. The third-order valence-corrected chi connectivity index (χ3v) is 9.42. The third kappa shape index (κ3) is 3.72. The van der Waals surface area contributed by atoms with Crippen LogP contribution in [0.25, 0.3) is 0 Å². The standard InChI is InChI=1S/C26H37BrO3/c1-25(2)19-16-20(25)21(28)15-18(19)24-22(29)13-17(14-23(24)30)26(10-6-7-11-26)9-5-3-4-8-12-27/h13-14,18-20,29-30H,3-12,15-16H2,1-2H3/t18-,19?,20?/m1/s1. The SMILES string of the molecule is CC1(C)C2CC1[C@H](c1c(O)cc(C3(CCCCCCBr)CCCC3)cc1O)CC2=O. The summed E-state index contributed by atoms with van der Waals surface area (Å²) < 4.78 is 0. The van der Waals surface area contributed by atoms with E-state index in [0.29, 0.717) is 23.7 Å². The van der Waals surface area contributed by atoms with Gasteiger partial charge in [-0.3, -0.25) is 4.79 Å². The van der Waals surface area contributed by atoms with Crippen LogP contribution >= 0.6 is 15.9 Å². The van der Waals surface area contributed by atoms with E-state index in [4.69, 9.17) is 0 Å². The van der Waals surface area contributed by atoms with Crippen LogP contribution < -0.4 is 0 Å². The molecule has 0 amide bonds. The Morgan fingerprint density at radius 3 is 2.23 bits per heavy atom. The molecular weight excluding hydrogens is 440 g/mol. The second-order valence-electron chi connectivity index (χ2n) is 10.8. The lowest BCUT2D eigenvalue weighted by Gasteiger charge is -2.59. The first-order valence-electron chi connectivity index (χ1n) is 12.0. The first-order chi connectivity index (χ1) is 14.3. The number of fused-ring (bicyclic) bond motifs is 2. The monoisotopic (exact) mass is 476 g/mol. The normalized spacial score (nSPS) is 29.0. The Kier molecular flexibility index (Phi) is 6.27. The quantitative estimate of drug-likeness (QED) is 0.314. The first kappa shape index (κ1) is 22.2. The number of hydrogen-bond acceptors (Lipinski definition) is 3. The van der Waals surface area contributed by atoms with Gasteiger partial charge in [0.25, 0.3) is 0 Å². The summed E-state index contributed by atoms with van der Waals surface area (Å²) in [6.45, 7) is 4.34. The van der Waals surface area contributed by atoms with Crippen molar-refractivity contribution >= 4 is 21.7 Å². The van der Waals surface area contributed by atoms with Crippen LogP contribution in [0.15, 0.2) is 12.1 Å². The Hall–Kier alpha value is -1.03. The van der Waals surface area contributed by atoms with Gasteiger partial charge in [-0.25, -0.2) is 0 Å². The molecule has 1 aromatic carbocycles. The molecule has 2 unspecified atom stereocenters. The Morgan fingerprint density at radius 1 is 1.03 bits per heavy atom. The van der Waals surface area contributed by atoms with E-state index in [9.17, 15) is 15.0 Å². The van der Waals surface area contributed by atoms with Gasteiger partial charge in [0, 0.05) is 29.2 Å². The first-order valence-corrected chi connectivity index (χ1v) is 13.1. The lowest BCUT2D eigenvalue weighted by molar-refractivity contribution is -0.151. The third-order valence-electron chi connectivity index (χ3n) is 8.86. The Morgan fingerprint density at radius 2 is 1.67 bits per heavy atom. The summed E-state index contributed by atoms with van der Waals surface area (Å²) in [5.41, 5.74) is 1.78. The maximum absolute atomic E-state index is 12.6. The number of halogens is 1. The number of carbonyl (C=O) groups is 1. The molecule has 3 nitrogen and oxygen atoms in total. The van der Waals surface area contributed by atoms with Gasteiger partial charge in [0.1, 0.15) is 17.3 Å². The average Bonchev–Trinajstić information content (AvgIpc) is 3.16. The van der Waals surface area contributed by atoms with E-state index in [0.717, 1.165) is 36.6 Å². The summed E-state index contributed by atoms with van der Waals surface area (Å²) in [5.74, 6) is 1.16. The van der Waals surface area contributed by atoms with Crippen molar-refractivity contribution in [2.45, 2.75) is 95.8 Å². The summed E-state index contributed by atoms with van der Waals surface area (Å²) in [7, 11) is 0. The summed E-state index contributed by atoms with van der Waals surface area (Å²) in [6, 6.07) is 3.86. The van der Waals surface area contributed by atoms with E-state index in [1.54, 1.807) is 0 Å². The summed E-state index contributed by atoms with van der Waals surface area (Å²) >= 11 is 3.51. The highest BCUT2D eigenvalue weighted by Gasteiger charge is 2.59. The van der Waals surface area contributed by atoms with Crippen LogP contribution in [0.3, 0.4) is 0 Å². The van der Waals surface area contributed by atoms with Crippen LogP contribution in [0, 0.1) is 17.3 Å². The predicted molar refractivity (Wildman–Crippen MR) is 125 cm³/mol. The topological polar surface area (TPSA) is 57.5 Å². The molecule has 4 heteroatoms. The van der Waals surface area contributed by atoms with Crippen LogP contribution in [0.1, 0.15) is 102 Å². The number of hydrogen-bond donors (Lipinski definition) is 2. The van der Waals surface area contributed by atoms with Crippen molar-refractivity contribution < 1.29 is 15.0 Å². The number of unbranched alkanes of at least 4 members (excludes halogenated alkanes) is 3. The molecule has 5 rings (SSSR count). The van der Waals surface area contributed by atoms with Gasteiger partial charge in [-0.15, -0.1) is 0 Å². The fourth-order valence-corrected chi connectivity index (χ4v) is 7.34. The van der Waals surface area contributed by atoms with Crippen molar-refractivity contribution in [1.82, 2.24) is 0 Å². The smallest absolute Gasteiger partial charge is 0.137 e. The zero-order valence-electron chi connectivity index (χ0n) is 18.6. The van der Waals surface area contributed by atoms with E-state index in [1.165, 1.54) is 38.5 Å². The molecule has 2 bridgehead atoms. The molecule has 0 heterocycles. The molecule has 1 aromatic rings. The number of aromatic hydroxyl groups is 2. The number of phenolic OH excluding ortho intramolecular Hbond substituents is 2. The highest BCUT2D eigenvalue weighted by molar-refractivity contribution is 9.09. The summed E-state index contributed by atoms with van der Waals surface area (Å²) in [6.07, 6.45) is 12.1. The Labute approximate surface area is 189 Å². The van der Waals surface area contributed by atoms with Gasteiger partial charge in [0.05, 0.1) is 0 Å². The lowest BCUT2D eigenvalue weighted by atomic mass is 9.44. The van der Waals surface area contributed by atoms with Gasteiger partial charge < -0.3 is 10.2 Å². The van der Waals surface area contributed by atoms with Gasteiger partial charge in [0.2, 0.25) is 0 Å². The molecular formula is C26H37BrO3. The second kappa shape index (κ2) is 8.48. The second-order valence-corrected chi connectivity index (χ2v) is 11.6. The van der Waals surface area contributed by atoms with Crippen molar-refractivity contribution in [3.63, 3.8) is 0 Å². The molecule has 4 saturated carbocycles. The number of carbonyl (C=O) groups excluding carboxylic acids is 1. The van der Waals surface area contributed by atoms with Crippen molar-refractivity contribution in [1.29, 1.82) is 0 Å². The molecule has 4 aliphatic rings. The Bertz CT molecular complexity index is 770. The number of Topliss-reactive ketones (excluding diaryl/α,β-unsaturated/α-hetero) is 1. The molecule has 0 radical (unpaired) electrons. The van der Waals surface area contributed by atoms with Crippen molar-refractivity contribution in [2.24, 2.45) is 17.3 Å². The highest BCUT2D eigenvalue weighted by atomic mass is 79.9. The fourth-order valence-electron chi connectivity index (χ4n) is 6.95. The summed E-state index contributed by atoms with van der Waals surface area (Å²) in [4.78, 5) is 12.6. The van der Waals surface area contributed by atoms with Gasteiger partial charge >= 0.3 is 0 Å². The molecule has 0 aliphatic heterocycles. The van der Waals surface area contributed by atoms with Crippen molar-refractivity contribution in [3.8, 4) is 11.5 Å². The molecule has 2 N–H and O–H groups in total. The number of alkyl halides is 1. The van der Waals surface area contributed by atoms with Gasteiger partial charge in [-0.05, 0) is 66.5 Å². The van der Waals surface area contributed by atoms with E-state index >= 15 is 0 Å². The van der Waals surface area contributed by atoms with Crippen LogP contribution in [0.5, 0.6) is 11.5 Å². The molecule has 30 heavy (non-hydrogen) atoms. The molecule has 4 fully saturated rings. The fraction of sp³-hybridized carbons (Fsp3) is 0.731. The molecule has 0 saturated heterocycles. The number of benzene rings is 1. The van der Waals surface area contributed by atoms with Crippen LogP contribution in [-0.2, 0) is 10.2 Å².